The zero-order chi connectivity index (χ0) is 14.5. The number of hydrogen-bond acceptors (Lipinski definition) is 3. The Balaban J connectivity index is 1.68. The Kier molecular flexibility index (Phi) is 3.87. The molecule has 0 fully saturated rings. The van der Waals surface area contributed by atoms with Crippen LogP contribution in [0.25, 0.3) is 5.69 Å². The van der Waals surface area contributed by atoms with Gasteiger partial charge in [-0.05, 0) is 35.9 Å². The van der Waals surface area contributed by atoms with E-state index in [-0.39, 0.29) is 0 Å². The van der Waals surface area contributed by atoms with Crippen LogP contribution in [0, 0.1) is 0 Å². The Morgan fingerprint density at radius 3 is 2.57 bits per heavy atom. The van der Waals surface area contributed by atoms with Crippen LogP contribution in [0.1, 0.15) is 5.56 Å². The number of aromatic nitrogens is 2. The summed E-state index contributed by atoms with van der Waals surface area (Å²) in [6, 6.07) is 18.1. The maximum Gasteiger partial charge on any atom is 0.141 e. The van der Waals surface area contributed by atoms with E-state index >= 15 is 0 Å². The number of nitrogens with one attached hydrogen (secondary N) is 1. The highest BCUT2D eigenvalue weighted by Gasteiger charge is 2.01. The number of benzene rings is 2. The van der Waals surface area contributed by atoms with Gasteiger partial charge in [0.25, 0.3) is 0 Å². The first-order valence-electron chi connectivity index (χ1n) is 6.82. The van der Waals surface area contributed by atoms with Crippen molar-refractivity contribution in [2.75, 3.05) is 12.4 Å². The Labute approximate surface area is 124 Å². The zero-order valence-electron chi connectivity index (χ0n) is 11.9. The SMILES string of the molecule is COc1ccccc1NCc1ccc(-n2cccn2)cc1. The molecule has 3 aromatic rings. The summed E-state index contributed by atoms with van der Waals surface area (Å²) in [6.45, 7) is 0.750. The van der Waals surface area contributed by atoms with E-state index in [1.807, 2.05) is 41.2 Å². The van der Waals surface area contributed by atoms with Crippen molar-refractivity contribution in [2.24, 2.45) is 0 Å². The first-order chi connectivity index (χ1) is 10.4. The average molecular weight is 279 g/mol. The van der Waals surface area contributed by atoms with E-state index in [1.54, 1.807) is 13.3 Å². The summed E-state index contributed by atoms with van der Waals surface area (Å²) in [7, 11) is 1.68. The quantitative estimate of drug-likeness (QED) is 0.777. The first kappa shape index (κ1) is 13.2. The van der Waals surface area contributed by atoms with Gasteiger partial charge in [0.2, 0.25) is 0 Å². The summed E-state index contributed by atoms with van der Waals surface area (Å²) in [4.78, 5) is 0. The van der Waals surface area contributed by atoms with Gasteiger partial charge in [0.1, 0.15) is 5.75 Å². The lowest BCUT2D eigenvalue weighted by Gasteiger charge is -2.11. The van der Waals surface area contributed by atoms with Crippen LogP contribution in [-0.4, -0.2) is 16.9 Å². The van der Waals surface area contributed by atoms with Crippen LogP contribution in [-0.2, 0) is 6.54 Å². The second-order valence-corrected chi connectivity index (χ2v) is 4.67. The Morgan fingerprint density at radius 2 is 1.86 bits per heavy atom. The van der Waals surface area contributed by atoms with Crippen LogP contribution in [0.4, 0.5) is 5.69 Å². The molecular formula is C17H17N3O. The molecule has 0 bridgehead atoms. The maximum atomic E-state index is 5.33. The molecule has 1 heterocycles. The Bertz CT molecular complexity index is 690. The first-order valence-corrected chi connectivity index (χ1v) is 6.82. The molecule has 4 heteroatoms. The largest absolute Gasteiger partial charge is 0.495 e. The Morgan fingerprint density at radius 1 is 1.05 bits per heavy atom. The average Bonchev–Trinajstić information content (AvgIpc) is 3.08. The molecule has 0 saturated carbocycles. The minimum atomic E-state index is 0.750. The van der Waals surface area contributed by atoms with E-state index in [4.69, 9.17) is 4.74 Å². The summed E-state index contributed by atoms with van der Waals surface area (Å²) in [5.41, 5.74) is 3.26. The Hall–Kier alpha value is -2.75. The van der Waals surface area contributed by atoms with E-state index < -0.39 is 0 Å². The lowest BCUT2D eigenvalue weighted by molar-refractivity contribution is 0.416. The molecule has 0 aliphatic heterocycles. The highest BCUT2D eigenvalue weighted by atomic mass is 16.5. The standard InChI is InChI=1S/C17H17N3O/c1-21-17-6-3-2-5-16(17)18-13-14-7-9-15(10-8-14)20-12-4-11-19-20/h2-12,18H,13H2,1H3. The molecule has 0 aliphatic carbocycles. The maximum absolute atomic E-state index is 5.33. The van der Waals surface area contributed by atoms with Gasteiger partial charge in [-0.2, -0.15) is 5.10 Å². The number of hydrogen-bond donors (Lipinski definition) is 1. The van der Waals surface area contributed by atoms with E-state index in [1.165, 1.54) is 5.56 Å². The van der Waals surface area contributed by atoms with E-state index in [2.05, 4.69) is 34.7 Å². The predicted octanol–water partition coefficient (Wildman–Crippen LogP) is 3.49. The fraction of sp³-hybridized carbons (Fsp3) is 0.118. The molecule has 0 radical (unpaired) electrons. The molecule has 0 atom stereocenters. The van der Waals surface area contributed by atoms with Gasteiger partial charge in [-0.3, -0.25) is 0 Å². The van der Waals surface area contributed by atoms with Crippen LogP contribution in [0.3, 0.4) is 0 Å². The van der Waals surface area contributed by atoms with Crippen molar-refractivity contribution < 1.29 is 4.74 Å². The molecule has 4 nitrogen and oxygen atoms in total. The van der Waals surface area contributed by atoms with Crippen LogP contribution in [0.2, 0.25) is 0 Å². The number of para-hydroxylation sites is 2. The lowest BCUT2D eigenvalue weighted by atomic mass is 10.2. The van der Waals surface area contributed by atoms with Crippen molar-refractivity contribution in [3.8, 4) is 11.4 Å². The smallest absolute Gasteiger partial charge is 0.141 e. The molecule has 106 valence electrons. The monoisotopic (exact) mass is 279 g/mol. The van der Waals surface area contributed by atoms with Crippen molar-refractivity contribution in [1.29, 1.82) is 0 Å². The highest BCUT2D eigenvalue weighted by molar-refractivity contribution is 5.56. The highest BCUT2D eigenvalue weighted by Crippen LogP contribution is 2.23. The lowest BCUT2D eigenvalue weighted by Crippen LogP contribution is -2.02. The second kappa shape index (κ2) is 6.13. The fourth-order valence-corrected chi connectivity index (χ4v) is 2.18. The van der Waals surface area contributed by atoms with E-state index in [0.717, 1.165) is 23.7 Å². The van der Waals surface area contributed by atoms with Crippen LogP contribution < -0.4 is 10.1 Å². The molecule has 0 amide bonds. The van der Waals surface area contributed by atoms with Gasteiger partial charge < -0.3 is 10.1 Å². The number of rotatable bonds is 5. The summed E-state index contributed by atoms with van der Waals surface area (Å²) in [6.07, 6.45) is 3.71. The summed E-state index contributed by atoms with van der Waals surface area (Å²) >= 11 is 0. The third-order valence-corrected chi connectivity index (χ3v) is 3.30. The minimum Gasteiger partial charge on any atom is -0.495 e. The van der Waals surface area contributed by atoms with Crippen LogP contribution in [0.15, 0.2) is 67.0 Å². The molecule has 1 aromatic heterocycles. The molecule has 0 unspecified atom stereocenters. The third-order valence-electron chi connectivity index (χ3n) is 3.30. The minimum absolute atomic E-state index is 0.750. The van der Waals surface area contributed by atoms with Crippen molar-refractivity contribution in [3.05, 3.63) is 72.6 Å². The number of anilines is 1. The van der Waals surface area contributed by atoms with Crippen molar-refractivity contribution in [1.82, 2.24) is 9.78 Å². The molecule has 0 saturated heterocycles. The fourth-order valence-electron chi connectivity index (χ4n) is 2.18. The predicted molar refractivity (Wildman–Crippen MR) is 83.9 cm³/mol. The van der Waals surface area contributed by atoms with Crippen LogP contribution in [0.5, 0.6) is 5.75 Å². The molecule has 0 spiro atoms. The van der Waals surface area contributed by atoms with Gasteiger partial charge >= 0.3 is 0 Å². The van der Waals surface area contributed by atoms with Gasteiger partial charge in [0.15, 0.2) is 0 Å². The third kappa shape index (κ3) is 3.05. The molecular weight excluding hydrogens is 262 g/mol. The van der Waals surface area contributed by atoms with Gasteiger partial charge in [-0.15, -0.1) is 0 Å². The number of methoxy groups -OCH3 is 1. The second-order valence-electron chi connectivity index (χ2n) is 4.67. The summed E-state index contributed by atoms with van der Waals surface area (Å²) < 4.78 is 7.17. The number of ether oxygens (including phenoxy) is 1. The van der Waals surface area contributed by atoms with Crippen LogP contribution >= 0.6 is 0 Å². The van der Waals surface area contributed by atoms with Crippen molar-refractivity contribution in [2.45, 2.75) is 6.54 Å². The van der Waals surface area contributed by atoms with Crippen molar-refractivity contribution >= 4 is 5.69 Å². The van der Waals surface area contributed by atoms with E-state index in [0.29, 0.717) is 0 Å². The van der Waals surface area contributed by atoms with Gasteiger partial charge in [-0.25, -0.2) is 4.68 Å². The molecule has 0 aliphatic rings. The molecule has 3 rings (SSSR count). The summed E-state index contributed by atoms with van der Waals surface area (Å²) in [5.74, 6) is 0.852. The molecule has 2 aromatic carbocycles. The summed E-state index contributed by atoms with van der Waals surface area (Å²) in [5, 5.41) is 7.60. The zero-order valence-corrected chi connectivity index (χ0v) is 11.9. The topological polar surface area (TPSA) is 39.1 Å². The van der Waals surface area contributed by atoms with Gasteiger partial charge in [-0.1, -0.05) is 24.3 Å². The number of nitrogens with zero attached hydrogens (tertiary/aromatic N) is 2. The van der Waals surface area contributed by atoms with Gasteiger partial charge in [0, 0.05) is 18.9 Å². The normalized spacial score (nSPS) is 10.3. The van der Waals surface area contributed by atoms with E-state index in [9.17, 15) is 0 Å². The molecule has 21 heavy (non-hydrogen) atoms. The van der Waals surface area contributed by atoms with Crippen molar-refractivity contribution in [3.63, 3.8) is 0 Å². The van der Waals surface area contributed by atoms with Gasteiger partial charge in [0.05, 0.1) is 18.5 Å². The molecule has 1 N–H and O–H groups in total.